The van der Waals surface area contributed by atoms with Crippen LogP contribution in [0.5, 0.6) is 0 Å². The van der Waals surface area contributed by atoms with Crippen LogP contribution in [0.15, 0.2) is 53.4 Å². The number of nitrogens with zero attached hydrogens (tertiary/aromatic N) is 1. The molecule has 114 valence electrons. The normalized spacial score (nSPS) is 15.5. The predicted octanol–water partition coefficient (Wildman–Crippen LogP) is 5.33. The molecule has 0 saturated carbocycles. The fourth-order valence-corrected chi connectivity index (χ4v) is 3.96. The number of halogens is 1. The summed E-state index contributed by atoms with van der Waals surface area (Å²) in [5, 5.41) is 0.803. The summed E-state index contributed by atoms with van der Waals surface area (Å²) < 4.78 is 0. The monoisotopic (exact) mass is 329 g/mol. The first kappa shape index (κ1) is 15.7. The molecular formula is C19H20ClNS. The molecule has 3 heteroatoms. The molecule has 1 aliphatic rings. The Labute approximate surface area is 142 Å². The van der Waals surface area contributed by atoms with Gasteiger partial charge in [0.1, 0.15) is 0 Å². The highest BCUT2D eigenvalue weighted by atomic mass is 35.5. The van der Waals surface area contributed by atoms with E-state index in [0.717, 1.165) is 23.7 Å². The van der Waals surface area contributed by atoms with Gasteiger partial charge < -0.3 is 4.90 Å². The third-order valence-electron chi connectivity index (χ3n) is 3.85. The van der Waals surface area contributed by atoms with Crippen molar-refractivity contribution >= 4 is 28.9 Å². The number of rotatable bonds is 3. The minimum Gasteiger partial charge on any atom is -0.309 e. The minimum absolute atomic E-state index is 0.803. The van der Waals surface area contributed by atoms with Crippen LogP contribution in [0, 0.1) is 0 Å². The first-order valence-corrected chi connectivity index (χ1v) is 8.87. The second-order valence-corrected chi connectivity index (χ2v) is 7.25. The second kappa shape index (κ2) is 6.91. The lowest BCUT2D eigenvalue weighted by Gasteiger charge is -2.13. The highest BCUT2D eigenvalue weighted by Crippen LogP contribution is 2.41. The SMILES string of the molecule is CN(C)CC/C=C1\c2ccccc2CSc2ccc(Cl)cc21. The van der Waals surface area contributed by atoms with E-state index in [9.17, 15) is 0 Å². The van der Waals surface area contributed by atoms with Crippen molar-refractivity contribution in [1.29, 1.82) is 0 Å². The van der Waals surface area contributed by atoms with Crippen LogP contribution in [0.2, 0.25) is 5.02 Å². The van der Waals surface area contributed by atoms with Crippen LogP contribution in [-0.4, -0.2) is 25.5 Å². The molecule has 0 N–H and O–H groups in total. The van der Waals surface area contributed by atoms with Crippen LogP contribution >= 0.6 is 23.4 Å². The van der Waals surface area contributed by atoms with Crippen molar-refractivity contribution in [3.8, 4) is 0 Å². The maximum Gasteiger partial charge on any atom is 0.0412 e. The molecule has 0 aliphatic carbocycles. The fraction of sp³-hybridized carbons (Fsp3) is 0.263. The molecule has 2 aromatic rings. The molecule has 3 rings (SSSR count). The van der Waals surface area contributed by atoms with E-state index in [1.165, 1.54) is 27.2 Å². The smallest absolute Gasteiger partial charge is 0.0412 e. The first-order chi connectivity index (χ1) is 10.6. The molecule has 0 radical (unpaired) electrons. The molecule has 22 heavy (non-hydrogen) atoms. The Hall–Kier alpha value is -1.22. The number of fused-ring (bicyclic) bond motifs is 2. The van der Waals surface area contributed by atoms with Gasteiger partial charge in [0.15, 0.2) is 0 Å². The second-order valence-electron chi connectivity index (χ2n) is 5.80. The number of benzene rings is 2. The Morgan fingerprint density at radius 2 is 1.95 bits per heavy atom. The Bertz CT molecular complexity index is 706. The van der Waals surface area contributed by atoms with Crippen LogP contribution in [0.1, 0.15) is 23.1 Å². The topological polar surface area (TPSA) is 3.24 Å². The molecule has 0 fully saturated rings. The molecule has 1 aliphatic heterocycles. The molecule has 0 bridgehead atoms. The maximum absolute atomic E-state index is 6.26. The van der Waals surface area contributed by atoms with Gasteiger partial charge in [-0.2, -0.15) is 0 Å². The summed E-state index contributed by atoms with van der Waals surface area (Å²) in [6, 6.07) is 14.9. The molecule has 0 spiro atoms. The largest absolute Gasteiger partial charge is 0.309 e. The Morgan fingerprint density at radius 1 is 1.14 bits per heavy atom. The summed E-state index contributed by atoms with van der Waals surface area (Å²) in [4.78, 5) is 3.53. The summed E-state index contributed by atoms with van der Waals surface area (Å²) in [6.45, 7) is 1.05. The van der Waals surface area contributed by atoms with Gasteiger partial charge in [-0.25, -0.2) is 0 Å². The maximum atomic E-state index is 6.26. The van der Waals surface area contributed by atoms with Crippen LogP contribution < -0.4 is 0 Å². The number of thioether (sulfide) groups is 1. The molecule has 0 amide bonds. The van der Waals surface area contributed by atoms with Crippen LogP contribution in [0.3, 0.4) is 0 Å². The Balaban J connectivity index is 2.10. The molecule has 0 atom stereocenters. The Morgan fingerprint density at radius 3 is 2.77 bits per heavy atom. The third-order valence-corrected chi connectivity index (χ3v) is 5.20. The fourth-order valence-electron chi connectivity index (χ4n) is 2.74. The van der Waals surface area contributed by atoms with Gasteiger partial charge >= 0.3 is 0 Å². The van der Waals surface area contributed by atoms with Gasteiger partial charge in [0, 0.05) is 22.2 Å². The summed E-state index contributed by atoms with van der Waals surface area (Å²) >= 11 is 8.16. The van der Waals surface area contributed by atoms with Crippen LogP contribution in [-0.2, 0) is 5.75 Å². The summed E-state index contributed by atoms with van der Waals surface area (Å²) in [6.07, 6.45) is 3.40. The summed E-state index contributed by atoms with van der Waals surface area (Å²) in [5.41, 5.74) is 5.33. The molecule has 1 nitrogen and oxygen atoms in total. The van der Waals surface area contributed by atoms with Crippen LogP contribution in [0.4, 0.5) is 0 Å². The lowest BCUT2D eigenvalue weighted by Crippen LogP contribution is -2.12. The van der Waals surface area contributed by atoms with E-state index in [0.29, 0.717) is 0 Å². The molecule has 1 heterocycles. The van der Waals surface area contributed by atoms with Gasteiger partial charge in [-0.15, -0.1) is 11.8 Å². The molecule has 0 aromatic heterocycles. The van der Waals surface area contributed by atoms with Crippen LogP contribution in [0.25, 0.3) is 5.57 Å². The van der Waals surface area contributed by atoms with Gasteiger partial charge in [0.25, 0.3) is 0 Å². The third kappa shape index (κ3) is 3.40. The molecular weight excluding hydrogens is 310 g/mol. The number of hydrogen-bond acceptors (Lipinski definition) is 2. The van der Waals surface area contributed by atoms with Crippen molar-refractivity contribution in [1.82, 2.24) is 4.90 Å². The van der Waals surface area contributed by atoms with E-state index in [1.54, 1.807) is 0 Å². The van der Waals surface area contributed by atoms with Gasteiger partial charge in [0.2, 0.25) is 0 Å². The molecule has 0 saturated heterocycles. The standard InChI is InChI=1S/C19H20ClNS/c1-21(2)11-5-8-17-16-7-4-3-6-14(16)13-22-19-10-9-15(20)12-18(17)19/h3-4,6-10,12H,5,11,13H2,1-2H3/b17-8+. The van der Waals surface area contributed by atoms with E-state index in [1.807, 2.05) is 17.8 Å². The van der Waals surface area contributed by atoms with Gasteiger partial charge in [-0.3, -0.25) is 0 Å². The number of hydrogen-bond donors (Lipinski definition) is 0. The van der Waals surface area contributed by atoms with Crippen molar-refractivity contribution in [3.05, 3.63) is 70.3 Å². The zero-order chi connectivity index (χ0) is 15.5. The first-order valence-electron chi connectivity index (χ1n) is 7.51. The van der Waals surface area contributed by atoms with E-state index in [-0.39, 0.29) is 0 Å². The van der Waals surface area contributed by atoms with Crippen molar-refractivity contribution in [2.45, 2.75) is 17.1 Å². The zero-order valence-electron chi connectivity index (χ0n) is 13.0. The van der Waals surface area contributed by atoms with Crippen molar-refractivity contribution in [3.63, 3.8) is 0 Å². The zero-order valence-corrected chi connectivity index (χ0v) is 14.5. The Kier molecular flexibility index (Phi) is 4.92. The average molecular weight is 330 g/mol. The summed E-state index contributed by atoms with van der Waals surface area (Å²) in [7, 11) is 4.22. The van der Waals surface area contributed by atoms with E-state index in [2.05, 4.69) is 61.5 Å². The lowest BCUT2D eigenvalue weighted by atomic mass is 9.93. The highest BCUT2D eigenvalue weighted by Gasteiger charge is 2.18. The van der Waals surface area contributed by atoms with E-state index >= 15 is 0 Å². The van der Waals surface area contributed by atoms with Gasteiger partial charge in [-0.1, -0.05) is 41.9 Å². The van der Waals surface area contributed by atoms with Gasteiger partial charge in [-0.05, 0) is 61.0 Å². The van der Waals surface area contributed by atoms with Crippen molar-refractivity contribution in [2.24, 2.45) is 0 Å². The van der Waals surface area contributed by atoms with E-state index < -0.39 is 0 Å². The lowest BCUT2D eigenvalue weighted by molar-refractivity contribution is 0.417. The van der Waals surface area contributed by atoms with E-state index in [4.69, 9.17) is 11.6 Å². The molecule has 0 unspecified atom stereocenters. The molecule has 2 aromatic carbocycles. The van der Waals surface area contributed by atoms with Crippen molar-refractivity contribution < 1.29 is 0 Å². The quantitative estimate of drug-likeness (QED) is 0.748. The van der Waals surface area contributed by atoms with Crippen molar-refractivity contribution in [2.75, 3.05) is 20.6 Å². The average Bonchev–Trinajstić information content (AvgIpc) is 2.65. The van der Waals surface area contributed by atoms with Gasteiger partial charge in [0.05, 0.1) is 0 Å². The summed E-state index contributed by atoms with van der Waals surface area (Å²) in [5.74, 6) is 1.01. The highest BCUT2D eigenvalue weighted by molar-refractivity contribution is 7.98. The predicted molar refractivity (Wildman–Crippen MR) is 97.7 cm³/mol. The minimum atomic E-state index is 0.803.